The molecule has 9 heteroatoms. The van der Waals surface area contributed by atoms with Crippen molar-refractivity contribution in [2.75, 3.05) is 6.61 Å². The minimum absolute atomic E-state index is 0.000608. The molecule has 152 valence electrons. The normalized spacial score (nSPS) is 34.8. The first-order valence-corrected chi connectivity index (χ1v) is 9.84. The van der Waals surface area contributed by atoms with E-state index >= 15 is 0 Å². The van der Waals surface area contributed by atoms with Crippen molar-refractivity contribution in [3.63, 3.8) is 0 Å². The Morgan fingerprint density at radius 1 is 1.14 bits per heavy atom. The minimum atomic E-state index is -0.784. The molecule has 3 aliphatic rings. The maximum Gasteiger partial charge on any atom is 0.270 e. The van der Waals surface area contributed by atoms with Crippen LogP contribution in [0.15, 0.2) is 30.0 Å². The molecule has 0 N–H and O–H groups in total. The minimum Gasteiger partial charge on any atom is -0.485 e. The fourth-order valence-electron chi connectivity index (χ4n) is 3.75. The number of nitro benzene ring substituents is 1. The zero-order chi connectivity index (χ0) is 20.3. The van der Waals surface area contributed by atoms with Gasteiger partial charge in [0.15, 0.2) is 17.7 Å². The smallest absolute Gasteiger partial charge is 0.270 e. The largest absolute Gasteiger partial charge is 0.485 e. The number of benzene rings is 1. The van der Waals surface area contributed by atoms with Crippen molar-refractivity contribution in [3.05, 3.63) is 45.7 Å². The Morgan fingerprint density at radius 3 is 2.54 bits per heavy atom. The number of rotatable bonds is 3. The molecule has 4 rings (SSSR count). The number of ether oxygens (including phenoxy) is 5. The van der Waals surface area contributed by atoms with Gasteiger partial charge in [-0.3, -0.25) is 10.1 Å². The number of nitrogens with zero attached hydrogens (tertiary/aromatic N) is 1. The predicted octanol–water partition coefficient (Wildman–Crippen LogP) is 3.73. The van der Waals surface area contributed by atoms with Gasteiger partial charge in [0.2, 0.25) is 0 Å². The second-order valence-electron chi connectivity index (χ2n) is 7.96. The van der Waals surface area contributed by atoms with Crippen LogP contribution in [0.3, 0.4) is 0 Å². The lowest BCUT2D eigenvalue weighted by molar-refractivity contribution is -0.384. The highest BCUT2D eigenvalue weighted by atomic mass is 79.9. The molecule has 3 aliphatic heterocycles. The Bertz CT molecular complexity index is 837. The summed E-state index contributed by atoms with van der Waals surface area (Å²) in [7, 11) is 0. The molecule has 28 heavy (non-hydrogen) atoms. The second kappa shape index (κ2) is 6.77. The third-order valence-electron chi connectivity index (χ3n) is 4.90. The topological polar surface area (TPSA) is 89.3 Å². The molecule has 3 saturated heterocycles. The summed E-state index contributed by atoms with van der Waals surface area (Å²) in [6, 6.07) is 6.34. The highest BCUT2D eigenvalue weighted by molar-refractivity contribution is 9.15. The summed E-state index contributed by atoms with van der Waals surface area (Å²) in [5.74, 6) is -0.940. The van der Waals surface area contributed by atoms with E-state index in [9.17, 15) is 10.1 Å². The molecule has 1 aromatic rings. The number of nitro groups is 1. The van der Waals surface area contributed by atoms with Crippen LogP contribution in [-0.2, 0) is 23.7 Å². The molecular formula is C19H22BrNO7. The van der Waals surface area contributed by atoms with Gasteiger partial charge in [0, 0.05) is 12.1 Å². The maximum atomic E-state index is 11.1. The molecule has 4 atom stereocenters. The fraction of sp³-hybridized carbons (Fsp3) is 0.579. The van der Waals surface area contributed by atoms with Crippen molar-refractivity contribution in [1.29, 1.82) is 0 Å². The highest BCUT2D eigenvalue weighted by Gasteiger charge is 2.58. The summed E-state index contributed by atoms with van der Waals surface area (Å²) < 4.78 is 30.7. The first-order valence-electron chi connectivity index (χ1n) is 9.05. The number of fused-ring (bicyclic) bond motifs is 1. The monoisotopic (exact) mass is 455 g/mol. The third kappa shape index (κ3) is 3.57. The van der Waals surface area contributed by atoms with Crippen molar-refractivity contribution in [2.24, 2.45) is 0 Å². The van der Waals surface area contributed by atoms with Gasteiger partial charge in [0.1, 0.15) is 24.1 Å². The van der Waals surface area contributed by atoms with Crippen LogP contribution in [0.5, 0.6) is 0 Å². The standard InChI is InChI=1S/C19H22BrNO7/c1-18(2)24-9-12(26-18)14-16-17(28-19(3,4)27-16)15(25-14)13(20)10-6-5-7-11(8-10)21(22)23/h5-8,12,14,16-17H,9H2,1-4H3/b15-13-/t12-,14+,16-,17+/m1/s1. The molecule has 3 heterocycles. The number of hydrogen-bond acceptors (Lipinski definition) is 7. The molecular weight excluding hydrogens is 434 g/mol. The number of non-ortho nitro benzene ring substituents is 1. The third-order valence-corrected chi connectivity index (χ3v) is 5.75. The van der Waals surface area contributed by atoms with Gasteiger partial charge in [-0.2, -0.15) is 0 Å². The van der Waals surface area contributed by atoms with E-state index in [2.05, 4.69) is 15.9 Å². The van der Waals surface area contributed by atoms with Crippen LogP contribution in [0.4, 0.5) is 5.69 Å². The van der Waals surface area contributed by atoms with E-state index in [1.807, 2.05) is 27.7 Å². The van der Waals surface area contributed by atoms with E-state index in [0.29, 0.717) is 22.4 Å². The van der Waals surface area contributed by atoms with Gasteiger partial charge in [0.25, 0.3) is 5.69 Å². The van der Waals surface area contributed by atoms with Crippen LogP contribution in [0.1, 0.15) is 33.3 Å². The van der Waals surface area contributed by atoms with E-state index in [0.717, 1.165) is 0 Å². The molecule has 0 aromatic heterocycles. The van der Waals surface area contributed by atoms with Crippen LogP contribution >= 0.6 is 15.9 Å². The fourth-order valence-corrected chi connectivity index (χ4v) is 4.32. The van der Waals surface area contributed by atoms with E-state index in [4.69, 9.17) is 23.7 Å². The molecule has 1 aromatic carbocycles. The lowest BCUT2D eigenvalue weighted by Gasteiger charge is -2.26. The Morgan fingerprint density at radius 2 is 1.89 bits per heavy atom. The lowest BCUT2D eigenvalue weighted by atomic mass is 10.0. The van der Waals surface area contributed by atoms with E-state index in [1.165, 1.54) is 12.1 Å². The first-order chi connectivity index (χ1) is 13.1. The maximum absolute atomic E-state index is 11.1. The Kier molecular flexibility index (Phi) is 4.79. The summed E-state index contributed by atoms with van der Waals surface area (Å²) in [6.07, 6.45) is -1.57. The predicted molar refractivity (Wildman–Crippen MR) is 103 cm³/mol. The lowest BCUT2D eigenvalue weighted by Crippen LogP contribution is -2.40. The first kappa shape index (κ1) is 19.8. The molecule has 3 fully saturated rings. The van der Waals surface area contributed by atoms with Crippen LogP contribution in [0, 0.1) is 10.1 Å². The van der Waals surface area contributed by atoms with E-state index in [-0.39, 0.29) is 17.9 Å². The number of halogens is 1. The molecule has 0 amide bonds. The second-order valence-corrected chi connectivity index (χ2v) is 8.75. The van der Waals surface area contributed by atoms with Crippen LogP contribution < -0.4 is 0 Å². The zero-order valence-corrected chi connectivity index (χ0v) is 17.6. The number of hydrogen-bond donors (Lipinski definition) is 0. The Hall–Kier alpha value is -1.52. The quantitative estimate of drug-likeness (QED) is 0.506. The van der Waals surface area contributed by atoms with Gasteiger partial charge in [-0.05, 0) is 49.2 Å². The van der Waals surface area contributed by atoms with E-state index in [1.54, 1.807) is 12.1 Å². The van der Waals surface area contributed by atoms with Crippen LogP contribution in [0.2, 0.25) is 0 Å². The van der Waals surface area contributed by atoms with Crippen LogP contribution in [-0.4, -0.2) is 47.5 Å². The van der Waals surface area contributed by atoms with Gasteiger partial charge in [-0.1, -0.05) is 12.1 Å². The van der Waals surface area contributed by atoms with Crippen molar-refractivity contribution in [1.82, 2.24) is 0 Å². The summed E-state index contributed by atoms with van der Waals surface area (Å²) in [6.45, 7) is 7.77. The molecule has 8 nitrogen and oxygen atoms in total. The molecule has 0 saturated carbocycles. The average Bonchev–Trinajstić information content (AvgIpc) is 3.24. The molecule has 0 radical (unpaired) electrons. The van der Waals surface area contributed by atoms with E-state index < -0.39 is 28.7 Å². The average molecular weight is 456 g/mol. The molecule has 0 spiro atoms. The summed E-state index contributed by atoms with van der Waals surface area (Å²) in [5, 5.41) is 11.1. The van der Waals surface area contributed by atoms with Crippen molar-refractivity contribution in [2.45, 2.75) is 63.7 Å². The van der Waals surface area contributed by atoms with Crippen molar-refractivity contribution in [3.8, 4) is 0 Å². The SMILES string of the molecule is CC1(C)OC[C@H]([C@@H]2O/C(=C(\Br)c3cccc([N+](=O)[O-])c3)[C@@H]3OC(C)(C)O[C@H]23)O1. The molecule has 0 aliphatic carbocycles. The van der Waals surface area contributed by atoms with Crippen molar-refractivity contribution >= 4 is 26.1 Å². The highest BCUT2D eigenvalue weighted by Crippen LogP contribution is 2.47. The van der Waals surface area contributed by atoms with Gasteiger partial charge in [-0.15, -0.1) is 0 Å². The van der Waals surface area contributed by atoms with Gasteiger partial charge >= 0.3 is 0 Å². The van der Waals surface area contributed by atoms with Gasteiger partial charge in [-0.25, -0.2) is 0 Å². The zero-order valence-electron chi connectivity index (χ0n) is 16.0. The summed E-state index contributed by atoms with van der Waals surface area (Å²) >= 11 is 3.55. The summed E-state index contributed by atoms with van der Waals surface area (Å²) in [5.41, 5.74) is 0.625. The molecule has 0 unspecified atom stereocenters. The Balaban J connectivity index is 1.70. The summed E-state index contributed by atoms with van der Waals surface area (Å²) in [4.78, 5) is 10.7. The van der Waals surface area contributed by atoms with Gasteiger partial charge in [0.05, 0.1) is 16.0 Å². The van der Waals surface area contributed by atoms with Gasteiger partial charge < -0.3 is 23.7 Å². The molecule has 0 bridgehead atoms. The van der Waals surface area contributed by atoms with Crippen LogP contribution in [0.25, 0.3) is 4.48 Å². The Labute approximate surface area is 171 Å². The van der Waals surface area contributed by atoms with Crippen molar-refractivity contribution < 1.29 is 28.6 Å².